The minimum atomic E-state index is -0.0605. The van der Waals surface area contributed by atoms with Crippen LogP contribution in [0.5, 0.6) is 0 Å². The average molecular weight is 293 g/mol. The van der Waals surface area contributed by atoms with Gasteiger partial charge in [-0.3, -0.25) is 4.40 Å². The number of benzene rings is 1. The zero-order chi connectivity index (χ0) is 15.7. The number of para-hydroxylation sites is 1. The van der Waals surface area contributed by atoms with Gasteiger partial charge in [-0.15, -0.1) is 10.2 Å². The van der Waals surface area contributed by atoms with Crippen molar-refractivity contribution in [2.45, 2.75) is 0 Å². The van der Waals surface area contributed by atoms with E-state index in [9.17, 15) is 5.11 Å². The Morgan fingerprint density at radius 2 is 2.14 bits per heavy atom. The van der Waals surface area contributed by atoms with Gasteiger partial charge in [0.15, 0.2) is 0 Å². The van der Waals surface area contributed by atoms with E-state index in [2.05, 4.69) is 28.3 Å². The summed E-state index contributed by atoms with van der Waals surface area (Å²) in [6, 6.07) is 7.80. The zero-order valence-corrected chi connectivity index (χ0v) is 12.1. The fourth-order valence-electron chi connectivity index (χ4n) is 2.39. The lowest BCUT2D eigenvalue weighted by atomic mass is 10.2. The number of aliphatic hydroxyl groups is 1. The second-order valence-corrected chi connectivity index (χ2v) is 4.75. The number of nitrogens with zero attached hydrogens (tertiary/aromatic N) is 5. The summed E-state index contributed by atoms with van der Waals surface area (Å²) in [6.45, 7) is 7.25. The Bertz CT molecular complexity index is 909. The molecule has 0 saturated heterocycles. The molecule has 110 valence electrons. The van der Waals surface area contributed by atoms with Crippen molar-refractivity contribution in [3.8, 4) is 0 Å². The van der Waals surface area contributed by atoms with Gasteiger partial charge in [0.1, 0.15) is 17.9 Å². The largest absolute Gasteiger partial charge is 0.506 e. The maximum absolute atomic E-state index is 9.81. The van der Waals surface area contributed by atoms with Crippen LogP contribution in [0.15, 0.2) is 67.4 Å². The third kappa shape index (κ3) is 2.10. The Hall–Kier alpha value is -3.15. The molecule has 6 heteroatoms. The minimum absolute atomic E-state index is 0.0605. The first kappa shape index (κ1) is 13.8. The highest BCUT2D eigenvalue weighted by Crippen LogP contribution is 2.28. The van der Waals surface area contributed by atoms with E-state index < -0.39 is 0 Å². The highest BCUT2D eigenvalue weighted by atomic mass is 16.3. The first-order valence-electron chi connectivity index (χ1n) is 6.66. The molecule has 2 aromatic heterocycles. The van der Waals surface area contributed by atoms with E-state index in [0.717, 1.165) is 10.9 Å². The molecule has 0 radical (unpaired) electrons. The first-order valence-corrected chi connectivity index (χ1v) is 6.66. The summed E-state index contributed by atoms with van der Waals surface area (Å²) in [5.41, 5.74) is 1.44. The molecule has 0 aliphatic rings. The van der Waals surface area contributed by atoms with Crippen LogP contribution in [0.4, 0.5) is 5.82 Å². The molecular weight excluding hydrogens is 278 g/mol. The summed E-state index contributed by atoms with van der Waals surface area (Å²) in [6.07, 6.45) is 4.89. The fraction of sp³-hybridized carbons (Fsp3) is 0.0625. The maximum Gasteiger partial charge on any atom is 0.257 e. The van der Waals surface area contributed by atoms with Crippen molar-refractivity contribution in [3.63, 3.8) is 0 Å². The molecule has 0 unspecified atom stereocenters. The molecule has 0 bridgehead atoms. The minimum Gasteiger partial charge on any atom is -0.506 e. The number of likely N-dealkylation sites (N-methyl/N-ethyl adjacent to an activating group) is 1. The molecule has 1 aromatic carbocycles. The van der Waals surface area contributed by atoms with Crippen molar-refractivity contribution in [2.75, 3.05) is 11.9 Å². The van der Waals surface area contributed by atoms with Gasteiger partial charge in [0, 0.05) is 12.4 Å². The van der Waals surface area contributed by atoms with Crippen molar-refractivity contribution in [2.24, 2.45) is 0 Å². The van der Waals surface area contributed by atoms with E-state index in [4.69, 9.17) is 0 Å². The van der Waals surface area contributed by atoms with E-state index in [0.29, 0.717) is 17.3 Å². The number of rotatable bonds is 4. The van der Waals surface area contributed by atoms with E-state index in [-0.39, 0.29) is 5.76 Å². The van der Waals surface area contributed by atoms with E-state index in [1.165, 1.54) is 0 Å². The number of allylic oxidation sites excluding steroid dienone is 2. The lowest BCUT2D eigenvalue weighted by Gasteiger charge is -2.22. The van der Waals surface area contributed by atoms with Gasteiger partial charge in [-0.2, -0.15) is 4.98 Å². The quantitative estimate of drug-likeness (QED) is 0.592. The molecule has 0 aliphatic heterocycles. The SMILES string of the molecule is C=C/C=C(\C(=C)O)N(C)c1nc2nncn2c2ccccc12. The van der Waals surface area contributed by atoms with Crippen LogP contribution < -0.4 is 4.90 Å². The Labute approximate surface area is 127 Å². The summed E-state index contributed by atoms with van der Waals surface area (Å²) in [5, 5.41) is 18.6. The Morgan fingerprint density at radius 3 is 2.86 bits per heavy atom. The van der Waals surface area contributed by atoms with Gasteiger partial charge in [0.05, 0.1) is 11.2 Å². The Kier molecular flexibility index (Phi) is 3.34. The monoisotopic (exact) mass is 293 g/mol. The van der Waals surface area contributed by atoms with Crippen molar-refractivity contribution in [1.29, 1.82) is 0 Å². The highest BCUT2D eigenvalue weighted by molar-refractivity contribution is 5.92. The van der Waals surface area contributed by atoms with Crippen LogP contribution in [0.3, 0.4) is 0 Å². The summed E-state index contributed by atoms with van der Waals surface area (Å²) in [5.74, 6) is 1.08. The molecule has 1 N–H and O–H groups in total. The lowest BCUT2D eigenvalue weighted by molar-refractivity contribution is 0.423. The van der Waals surface area contributed by atoms with Gasteiger partial charge in [0.25, 0.3) is 5.78 Å². The van der Waals surface area contributed by atoms with Crippen molar-refractivity contribution < 1.29 is 5.11 Å². The predicted molar refractivity (Wildman–Crippen MR) is 86.7 cm³/mol. The van der Waals surface area contributed by atoms with Gasteiger partial charge < -0.3 is 10.0 Å². The molecule has 0 aliphatic carbocycles. The molecule has 0 saturated carbocycles. The number of anilines is 1. The summed E-state index contributed by atoms with van der Waals surface area (Å²) in [4.78, 5) is 6.29. The Morgan fingerprint density at radius 1 is 1.36 bits per heavy atom. The van der Waals surface area contributed by atoms with E-state index in [1.807, 2.05) is 28.7 Å². The summed E-state index contributed by atoms with van der Waals surface area (Å²) < 4.78 is 1.82. The van der Waals surface area contributed by atoms with Gasteiger partial charge in [0.2, 0.25) is 0 Å². The number of fused-ring (bicyclic) bond motifs is 3. The first-order chi connectivity index (χ1) is 10.6. The molecule has 3 rings (SSSR count). The van der Waals surface area contributed by atoms with Gasteiger partial charge in [-0.1, -0.05) is 31.4 Å². The van der Waals surface area contributed by atoms with Crippen molar-refractivity contribution in [3.05, 3.63) is 67.4 Å². The molecule has 0 amide bonds. The fourth-order valence-corrected chi connectivity index (χ4v) is 2.39. The van der Waals surface area contributed by atoms with Crippen LogP contribution in [-0.4, -0.2) is 31.7 Å². The lowest BCUT2D eigenvalue weighted by Crippen LogP contribution is -2.20. The highest BCUT2D eigenvalue weighted by Gasteiger charge is 2.16. The van der Waals surface area contributed by atoms with Crippen LogP contribution in [0.2, 0.25) is 0 Å². The topological polar surface area (TPSA) is 66.5 Å². The molecule has 2 heterocycles. The summed E-state index contributed by atoms with van der Waals surface area (Å²) >= 11 is 0. The van der Waals surface area contributed by atoms with Gasteiger partial charge in [-0.05, 0) is 18.2 Å². The second kappa shape index (κ2) is 5.33. The molecule has 0 fully saturated rings. The number of hydrogen-bond acceptors (Lipinski definition) is 5. The predicted octanol–water partition coefficient (Wildman–Crippen LogP) is 2.86. The van der Waals surface area contributed by atoms with Crippen LogP contribution in [0.1, 0.15) is 0 Å². The van der Waals surface area contributed by atoms with E-state index in [1.54, 1.807) is 30.4 Å². The standard InChI is InChI=1S/C16H15N5O/c1-4-7-13(11(2)22)20(3)15-12-8-5-6-9-14(12)21-10-17-19-16(21)18-15/h4-10,22H,1-2H2,3H3/b13-7+. The molecule has 22 heavy (non-hydrogen) atoms. The molecule has 3 aromatic rings. The summed E-state index contributed by atoms with van der Waals surface area (Å²) in [7, 11) is 1.80. The normalized spacial score (nSPS) is 11.8. The van der Waals surface area contributed by atoms with Crippen LogP contribution in [0.25, 0.3) is 16.7 Å². The molecular formula is C16H15N5O. The second-order valence-electron chi connectivity index (χ2n) is 4.75. The average Bonchev–Trinajstić information content (AvgIpc) is 2.99. The zero-order valence-electron chi connectivity index (χ0n) is 12.1. The third-order valence-electron chi connectivity index (χ3n) is 3.39. The molecule has 0 spiro atoms. The van der Waals surface area contributed by atoms with Crippen molar-refractivity contribution >= 4 is 22.5 Å². The van der Waals surface area contributed by atoms with Gasteiger partial charge in [-0.25, -0.2) is 0 Å². The third-order valence-corrected chi connectivity index (χ3v) is 3.39. The molecule has 0 atom stereocenters. The number of aliphatic hydroxyl groups excluding tert-OH is 1. The smallest absolute Gasteiger partial charge is 0.257 e. The van der Waals surface area contributed by atoms with Crippen LogP contribution in [-0.2, 0) is 0 Å². The Balaban J connectivity index is 2.30. The number of aromatic nitrogens is 4. The van der Waals surface area contributed by atoms with Gasteiger partial charge >= 0.3 is 0 Å². The maximum atomic E-state index is 9.81. The molecule has 6 nitrogen and oxygen atoms in total. The van der Waals surface area contributed by atoms with Crippen LogP contribution >= 0.6 is 0 Å². The van der Waals surface area contributed by atoms with E-state index >= 15 is 0 Å². The van der Waals surface area contributed by atoms with Crippen LogP contribution in [0, 0.1) is 0 Å². The van der Waals surface area contributed by atoms with Crippen molar-refractivity contribution in [1.82, 2.24) is 19.6 Å². The number of hydrogen-bond donors (Lipinski definition) is 1.